The summed E-state index contributed by atoms with van der Waals surface area (Å²) < 4.78 is 5.03. The highest BCUT2D eigenvalue weighted by Gasteiger charge is 2.47. The van der Waals surface area contributed by atoms with Gasteiger partial charge in [-0.1, -0.05) is 36.8 Å². The van der Waals surface area contributed by atoms with Gasteiger partial charge in [-0.15, -0.1) is 0 Å². The second-order valence-corrected chi connectivity index (χ2v) is 6.04. The van der Waals surface area contributed by atoms with E-state index in [0.29, 0.717) is 0 Å². The largest absolute Gasteiger partial charge is 0.469 e. The molecule has 3 atom stereocenters. The zero-order valence-corrected chi connectivity index (χ0v) is 12.3. The topological polar surface area (TPSA) is 46.5 Å². The monoisotopic (exact) mass is 276 g/mol. The first-order chi connectivity index (χ1) is 9.61. The van der Waals surface area contributed by atoms with Gasteiger partial charge in [-0.3, -0.25) is 4.79 Å². The van der Waals surface area contributed by atoms with Gasteiger partial charge in [0.2, 0.25) is 0 Å². The Bertz CT molecular complexity index is 443. The van der Waals surface area contributed by atoms with Crippen molar-refractivity contribution in [3.63, 3.8) is 0 Å². The number of hydrogen-bond donors (Lipinski definition) is 1. The molecule has 3 unspecified atom stereocenters. The molecule has 0 radical (unpaired) electrons. The van der Waals surface area contributed by atoms with Crippen LogP contribution in [0.25, 0.3) is 0 Å². The molecular formula is C17H24O3. The van der Waals surface area contributed by atoms with E-state index in [1.54, 1.807) is 0 Å². The molecule has 0 amide bonds. The second kappa shape index (κ2) is 6.40. The molecule has 0 saturated heterocycles. The van der Waals surface area contributed by atoms with E-state index in [2.05, 4.69) is 12.1 Å². The molecular weight excluding hydrogens is 252 g/mol. The third kappa shape index (κ3) is 2.88. The van der Waals surface area contributed by atoms with E-state index in [4.69, 9.17) is 4.74 Å². The first-order valence-electron chi connectivity index (χ1n) is 7.35. The number of aliphatic hydroxyl groups excluding tert-OH is 1. The van der Waals surface area contributed by atoms with Gasteiger partial charge in [-0.05, 0) is 43.6 Å². The highest BCUT2D eigenvalue weighted by atomic mass is 16.5. The highest BCUT2D eigenvalue weighted by Crippen LogP contribution is 2.46. The van der Waals surface area contributed by atoms with Crippen LogP contribution in [0, 0.1) is 17.3 Å². The molecule has 3 nitrogen and oxygen atoms in total. The van der Waals surface area contributed by atoms with E-state index < -0.39 is 5.41 Å². The number of benzene rings is 1. The Morgan fingerprint density at radius 3 is 2.70 bits per heavy atom. The molecule has 1 fully saturated rings. The van der Waals surface area contributed by atoms with Gasteiger partial charge in [0.25, 0.3) is 0 Å². The minimum Gasteiger partial charge on any atom is -0.469 e. The molecule has 1 aromatic carbocycles. The third-order valence-corrected chi connectivity index (χ3v) is 4.84. The average Bonchev–Trinajstić information content (AvgIpc) is 2.49. The lowest BCUT2D eigenvalue weighted by Crippen LogP contribution is -2.45. The van der Waals surface area contributed by atoms with Gasteiger partial charge < -0.3 is 9.84 Å². The average molecular weight is 276 g/mol. The molecule has 1 aliphatic rings. The van der Waals surface area contributed by atoms with Crippen LogP contribution in [-0.2, 0) is 16.0 Å². The van der Waals surface area contributed by atoms with Crippen LogP contribution >= 0.6 is 0 Å². The first-order valence-corrected chi connectivity index (χ1v) is 7.35. The molecule has 1 aliphatic carbocycles. The summed E-state index contributed by atoms with van der Waals surface area (Å²) in [5.74, 6) is 0.167. The smallest absolute Gasteiger partial charge is 0.311 e. The molecule has 110 valence electrons. The summed E-state index contributed by atoms with van der Waals surface area (Å²) in [7, 11) is 1.45. The van der Waals surface area contributed by atoms with E-state index in [1.165, 1.54) is 12.7 Å². The quantitative estimate of drug-likeness (QED) is 0.860. The van der Waals surface area contributed by atoms with Crippen molar-refractivity contribution in [3.05, 3.63) is 35.9 Å². The lowest BCUT2D eigenvalue weighted by Gasteiger charge is -2.43. The van der Waals surface area contributed by atoms with E-state index in [9.17, 15) is 9.90 Å². The number of esters is 1. The number of aliphatic hydroxyl groups is 1. The molecule has 0 bridgehead atoms. The lowest BCUT2D eigenvalue weighted by atomic mass is 9.61. The van der Waals surface area contributed by atoms with Crippen LogP contribution in [0.5, 0.6) is 0 Å². The predicted octanol–water partition coefficient (Wildman–Crippen LogP) is 2.82. The minimum absolute atomic E-state index is 0.135. The lowest BCUT2D eigenvalue weighted by molar-refractivity contribution is -0.160. The van der Waals surface area contributed by atoms with E-state index >= 15 is 0 Å². The van der Waals surface area contributed by atoms with Crippen LogP contribution in [0.1, 0.15) is 31.7 Å². The molecule has 0 aliphatic heterocycles. The van der Waals surface area contributed by atoms with Gasteiger partial charge >= 0.3 is 5.97 Å². The molecule has 1 saturated carbocycles. The van der Waals surface area contributed by atoms with Crippen LogP contribution in [0.3, 0.4) is 0 Å². The van der Waals surface area contributed by atoms with Crippen molar-refractivity contribution < 1.29 is 14.6 Å². The SMILES string of the molecule is COC(=O)C1(C)CCCC(CO)C1Cc1ccccc1. The number of rotatable bonds is 4. The standard InChI is InChI=1S/C17H24O3/c1-17(16(19)20-2)10-6-9-14(12-18)15(17)11-13-7-4-3-5-8-13/h3-5,7-8,14-15,18H,6,9-12H2,1-2H3. The molecule has 1 aromatic rings. The van der Waals surface area contributed by atoms with Crippen molar-refractivity contribution >= 4 is 5.97 Å². The number of carbonyl (C=O) groups excluding carboxylic acids is 1. The van der Waals surface area contributed by atoms with Crippen molar-refractivity contribution in [2.75, 3.05) is 13.7 Å². The Morgan fingerprint density at radius 1 is 1.40 bits per heavy atom. The molecule has 0 aromatic heterocycles. The molecule has 2 rings (SSSR count). The maximum absolute atomic E-state index is 12.2. The van der Waals surface area contributed by atoms with E-state index in [1.807, 2.05) is 25.1 Å². The number of ether oxygens (including phenoxy) is 1. The van der Waals surface area contributed by atoms with Gasteiger partial charge in [0.15, 0.2) is 0 Å². The van der Waals surface area contributed by atoms with Crippen molar-refractivity contribution in [2.45, 2.75) is 32.6 Å². The third-order valence-electron chi connectivity index (χ3n) is 4.84. The fourth-order valence-corrected chi connectivity index (χ4v) is 3.60. The molecule has 1 N–H and O–H groups in total. The summed E-state index contributed by atoms with van der Waals surface area (Å²) in [6, 6.07) is 10.2. The Labute approximate surface area is 121 Å². The van der Waals surface area contributed by atoms with Gasteiger partial charge in [0.1, 0.15) is 0 Å². The van der Waals surface area contributed by atoms with Gasteiger partial charge in [-0.25, -0.2) is 0 Å². The maximum Gasteiger partial charge on any atom is 0.311 e. The summed E-state index contributed by atoms with van der Waals surface area (Å²) in [6.45, 7) is 2.14. The van der Waals surface area contributed by atoms with Crippen LogP contribution in [0.2, 0.25) is 0 Å². The van der Waals surface area contributed by atoms with Crippen LogP contribution in [0.4, 0.5) is 0 Å². The molecule has 3 heteroatoms. The zero-order chi connectivity index (χ0) is 14.6. The van der Waals surface area contributed by atoms with Crippen molar-refractivity contribution in [3.8, 4) is 0 Å². The fraction of sp³-hybridized carbons (Fsp3) is 0.588. The maximum atomic E-state index is 12.2. The summed E-state index contributed by atoms with van der Waals surface area (Å²) in [4.78, 5) is 12.2. The van der Waals surface area contributed by atoms with Crippen LogP contribution in [-0.4, -0.2) is 24.8 Å². The van der Waals surface area contributed by atoms with Crippen molar-refractivity contribution in [2.24, 2.45) is 17.3 Å². The Balaban J connectivity index is 2.27. The highest BCUT2D eigenvalue weighted by molar-refractivity contribution is 5.77. The first kappa shape index (κ1) is 15.0. The molecule has 0 spiro atoms. The Morgan fingerprint density at radius 2 is 2.10 bits per heavy atom. The molecule has 20 heavy (non-hydrogen) atoms. The zero-order valence-electron chi connectivity index (χ0n) is 12.3. The minimum atomic E-state index is -0.490. The Kier molecular flexibility index (Phi) is 4.81. The number of carbonyl (C=O) groups is 1. The summed E-state index contributed by atoms with van der Waals surface area (Å²) in [5, 5.41) is 9.67. The molecule has 0 heterocycles. The summed E-state index contributed by atoms with van der Waals surface area (Å²) in [6.07, 6.45) is 3.62. The van der Waals surface area contributed by atoms with Crippen LogP contribution in [0.15, 0.2) is 30.3 Å². The summed E-state index contributed by atoms with van der Waals surface area (Å²) >= 11 is 0. The van der Waals surface area contributed by atoms with E-state index in [-0.39, 0.29) is 24.4 Å². The normalized spacial score (nSPS) is 29.9. The van der Waals surface area contributed by atoms with Gasteiger partial charge in [0.05, 0.1) is 12.5 Å². The predicted molar refractivity (Wildman–Crippen MR) is 78.2 cm³/mol. The fourth-order valence-electron chi connectivity index (χ4n) is 3.60. The second-order valence-electron chi connectivity index (χ2n) is 6.04. The number of hydrogen-bond acceptors (Lipinski definition) is 3. The van der Waals surface area contributed by atoms with Crippen LogP contribution < -0.4 is 0 Å². The summed E-state index contributed by atoms with van der Waals surface area (Å²) in [5.41, 5.74) is 0.726. The van der Waals surface area contributed by atoms with Crippen molar-refractivity contribution in [1.29, 1.82) is 0 Å². The van der Waals surface area contributed by atoms with E-state index in [0.717, 1.165) is 25.7 Å². The number of methoxy groups -OCH3 is 1. The van der Waals surface area contributed by atoms with Gasteiger partial charge in [0, 0.05) is 6.61 Å². The van der Waals surface area contributed by atoms with Crippen molar-refractivity contribution in [1.82, 2.24) is 0 Å². The Hall–Kier alpha value is -1.35. The van der Waals surface area contributed by atoms with Gasteiger partial charge in [-0.2, -0.15) is 0 Å².